The van der Waals surface area contributed by atoms with Gasteiger partial charge in [-0.15, -0.1) is 0 Å². The predicted molar refractivity (Wildman–Crippen MR) is 120 cm³/mol. The number of carbonyl (C=O) groups is 2. The molecule has 1 aliphatic heterocycles. The number of likely N-dealkylation sites (N-methyl/N-ethyl adjacent to an activating group) is 1. The average Bonchev–Trinajstić information content (AvgIpc) is 2.70. The van der Waals surface area contributed by atoms with Crippen molar-refractivity contribution < 1.29 is 24.2 Å². The molecule has 0 aromatic heterocycles. The lowest BCUT2D eigenvalue weighted by atomic mass is 9.80. The van der Waals surface area contributed by atoms with Gasteiger partial charge in [-0.2, -0.15) is 0 Å². The second-order valence-electron chi connectivity index (χ2n) is 7.84. The molecule has 0 bridgehead atoms. The fourth-order valence-electron chi connectivity index (χ4n) is 3.75. The zero-order chi connectivity index (χ0) is 23.1. The number of ether oxygens (including phenoxy) is 2. The molecular formula is C24H34N2O5. The van der Waals surface area contributed by atoms with Crippen molar-refractivity contribution in [3.05, 3.63) is 52.4 Å². The fraction of sp³-hybridized carbons (Fsp3) is 0.500. The Morgan fingerprint density at radius 1 is 1.06 bits per heavy atom. The molecule has 0 fully saturated rings. The monoisotopic (exact) mass is 430 g/mol. The summed E-state index contributed by atoms with van der Waals surface area (Å²) in [6.45, 7) is 14.6. The van der Waals surface area contributed by atoms with Gasteiger partial charge in [-0.1, -0.05) is 26.0 Å². The van der Waals surface area contributed by atoms with Gasteiger partial charge >= 0.3 is 11.9 Å². The van der Waals surface area contributed by atoms with E-state index in [1.165, 1.54) is 0 Å². The Labute approximate surface area is 184 Å². The minimum Gasteiger partial charge on any atom is -0.492 e. The van der Waals surface area contributed by atoms with Crippen LogP contribution < -0.4 is 10.1 Å². The maximum Gasteiger partial charge on any atom is 0.337 e. The molecule has 1 atom stereocenters. The van der Waals surface area contributed by atoms with Gasteiger partial charge in [0.2, 0.25) is 0 Å². The predicted octanol–water partition coefficient (Wildman–Crippen LogP) is 3.68. The molecule has 0 amide bonds. The van der Waals surface area contributed by atoms with Crippen LogP contribution >= 0.6 is 0 Å². The number of nitrogens with zero attached hydrogens (tertiary/aromatic N) is 1. The molecule has 2 N–H and O–H groups in total. The number of allylic oxidation sites excluding steroid dienone is 2. The molecule has 0 aliphatic carbocycles. The number of benzene rings is 1. The fourth-order valence-corrected chi connectivity index (χ4v) is 3.75. The molecule has 7 nitrogen and oxygen atoms in total. The smallest absolute Gasteiger partial charge is 0.337 e. The molecular weight excluding hydrogens is 396 g/mol. The highest BCUT2D eigenvalue weighted by atomic mass is 16.5. The first-order valence-corrected chi connectivity index (χ1v) is 10.8. The van der Waals surface area contributed by atoms with Crippen LogP contribution in [-0.4, -0.2) is 54.3 Å². The van der Waals surface area contributed by atoms with E-state index in [2.05, 4.69) is 24.1 Å². The van der Waals surface area contributed by atoms with E-state index in [9.17, 15) is 14.7 Å². The van der Waals surface area contributed by atoms with E-state index < -0.39 is 17.9 Å². The summed E-state index contributed by atoms with van der Waals surface area (Å²) in [5, 5.41) is 12.9. The van der Waals surface area contributed by atoms with Crippen LogP contribution in [0.5, 0.6) is 5.75 Å². The number of carboxylic acids is 1. The summed E-state index contributed by atoms with van der Waals surface area (Å²) in [4.78, 5) is 27.2. The maximum absolute atomic E-state index is 12.8. The third-order valence-corrected chi connectivity index (χ3v) is 5.34. The van der Waals surface area contributed by atoms with E-state index >= 15 is 0 Å². The van der Waals surface area contributed by atoms with Gasteiger partial charge in [-0.05, 0) is 58.5 Å². The molecule has 0 saturated carbocycles. The van der Waals surface area contributed by atoms with Crippen molar-refractivity contribution >= 4 is 11.9 Å². The largest absolute Gasteiger partial charge is 0.492 e. The van der Waals surface area contributed by atoms with E-state index in [0.717, 1.165) is 19.6 Å². The van der Waals surface area contributed by atoms with E-state index in [1.54, 1.807) is 27.7 Å². The Kier molecular flexibility index (Phi) is 8.68. The average molecular weight is 431 g/mol. The second-order valence-corrected chi connectivity index (χ2v) is 7.84. The Hall–Kier alpha value is -2.80. The molecule has 1 aromatic rings. The van der Waals surface area contributed by atoms with Crippen LogP contribution in [0.4, 0.5) is 0 Å². The van der Waals surface area contributed by atoms with Crippen molar-refractivity contribution in [2.24, 2.45) is 0 Å². The number of carbonyl (C=O) groups excluding carboxylic acids is 1. The molecule has 31 heavy (non-hydrogen) atoms. The Morgan fingerprint density at radius 3 is 2.16 bits per heavy atom. The van der Waals surface area contributed by atoms with Crippen LogP contribution in [0.3, 0.4) is 0 Å². The lowest BCUT2D eigenvalue weighted by molar-refractivity contribution is -0.143. The molecule has 2 rings (SSSR count). The topological polar surface area (TPSA) is 88.1 Å². The summed E-state index contributed by atoms with van der Waals surface area (Å²) < 4.78 is 11.3. The van der Waals surface area contributed by atoms with Gasteiger partial charge in [0.1, 0.15) is 12.4 Å². The minimum absolute atomic E-state index is 0.136. The number of hydrogen-bond acceptors (Lipinski definition) is 6. The summed E-state index contributed by atoms with van der Waals surface area (Å²) in [5.41, 5.74) is 2.25. The standard InChI is InChI=1S/C24H34N2O5/c1-7-26(8-2)13-14-30-19-11-9-18(10-12-19)22-20(23(27)28)16(5)25-17(6)21(22)24(29)31-15(3)4/h9-12,15,22,25H,7-8,13-14H2,1-6H3,(H,27,28). The summed E-state index contributed by atoms with van der Waals surface area (Å²) in [6.07, 6.45) is -0.310. The van der Waals surface area contributed by atoms with Crippen LogP contribution in [-0.2, 0) is 14.3 Å². The number of nitrogens with one attached hydrogen (secondary N) is 1. The number of aliphatic carboxylic acids is 1. The molecule has 170 valence electrons. The zero-order valence-corrected chi connectivity index (χ0v) is 19.3. The Balaban J connectivity index is 2.32. The van der Waals surface area contributed by atoms with Crippen molar-refractivity contribution in [2.75, 3.05) is 26.2 Å². The third-order valence-electron chi connectivity index (χ3n) is 5.34. The Morgan fingerprint density at radius 2 is 1.65 bits per heavy atom. The van der Waals surface area contributed by atoms with Gasteiger partial charge in [-0.3, -0.25) is 0 Å². The molecule has 0 saturated heterocycles. The second kappa shape index (κ2) is 11.0. The Bertz CT molecular complexity index is 851. The highest BCUT2D eigenvalue weighted by molar-refractivity contribution is 5.99. The lowest BCUT2D eigenvalue weighted by Crippen LogP contribution is -2.32. The summed E-state index contributed by atoms with van der Waals surface area (Å²) in [5.74, 6) is -1.61. The highest BCUT2D eigenvalue weighted by Crippen LogP contribution is 2.39. The van der Waals surface area contributed by atoms with Gasteiger partial charge in [0.05, 0.1) is 23.2 Å². The first-order chi connectivity index (χ1) is 14.7. The van der Waals surface area contributed by atoms with Crippen LogP contribution in [0.1, 0.15) is 53.0 Å². The molecule has 1 aromatic carbocycles. The normalized spacial score (nSPS) is 16.6. The number of hydrogen-bond donors (Lipinski definition) is 2. The molecule has 7 heteroatoms. The van der Waals surface area contributed by atoms with E-state index in [-0.39, 0.29) is 11.7 Å². The molecule has 1 unspecified atom stereocenters. The van der Waals surface area contributed by atoms with Crippen LogP contribution in [0, 0.1) is 0 Å². The van der Waals surface area contributed by atoms with Crippen LogP contribution in [0.25, 0.3) is 0 Å². The molecule has 0 radical (unpaired) electrons. The van der Waals surface area contributed by atoms with Crippen molar-refractivity contribution in [2.45, 2.75) is 53.6 Å². The van der Waals surface area contributed by atoms with Crippen LogP contribution in [0.2, 0.25) is 0 Å². The SMILES string of the molecule is CCN(CC)CCOc1ccc(C2C(C(=O)O)=C(C)NC(C)=C2C(=O)OC(C)C)cc1. The van der Waals surface area contributed by atoms with Gasteiger partial charge in [-0.25, -0.2) is 9.59 Å². The van der Waals surface area contributed by atoms with Gasteiger partial charge in [0, 0.05) is 17.9 Å². The first kappa shape index (κ1) is 24.5. The van der Waals surface area contributed by atoms with E-state index in [1.807, 2.05) is 24.3 Å². The summed E-state index contributed by atoms with van der Waals surface area (Å²) in [6, 6.07) is 7.26. The van der Waals surface area contributed by atoms with Crippen molar-refractivity contribution in [3.63, 3.8) is 0 Å². The lowest BCUT2D eigenvalue weighted by Gasteiger charge is -2.30. The number of dihydropyridines is 1. The van der Waals surface area contributed by atoms with Gasteiger partial charge < -0.3 is 24.8 Å². The van der Waals surface area contributed by atoms with E-state index in [0.29, 0.717) is 34.9 Å². The highest BCUT2D eigenvalue weighted by Gasteiger charge is 2.37. The summed E-state index contributed by atoms with van der Waals surface area (Å²) in [7, 11) is 0. The van der Waals surface area contributed by atoms with Gasteiger partial charge in [0.15, 0.2) is 0 Å². The number of rotatable bonds is 10. The number of esters is 1. The third kappa shape index (κ3) is 6.10. The molecule has 1 heterocycles. The first-order valence-electron chi connectivity index (χ1n) is 10.8. The van der Waals surface area contributed by atoms with Crippen molar-refractivity contribution in [1.29, 1.82) is 0 Å². The maximum atomic E-state index is 12.8. The number of carboxylic acid groups (broad SMARTS) is 1. The quantitative estimate of drug-likeness (QED) is 0.548. The summed E-state index contributed by atoms with van der Waals surface area (Å²) >= 11 is 0. The minimum atomic E-state index is -1.07. The van der Waals surface area contributed by atoms with E-state index in [4.69, 9.17) is 9.47 Å². The van der Waals surface area contributed by atoms with Crippen molar-refractivity contribution in [3.8, 4) is 5.75 Å². The van der Waals surface area contributed by atoms with Crippen molar-refractivity contribution in [1.82, 2.24) is 10.2 Å². The van der Waals surface area contributed by atoms with Gasteiger partial charge in [0.25, 0.3) is 0 Å². The zero-order valence-electron chi connectivity index (χ0n) is 19.3. The van der Waals surface area contributed by atoms with Crippen LogP contribution in [0.15, 0.2) is 46.8 Å². The molecule has 1 aliphatic rings. The molecule has 0 spiro atoms.